The summed E-state index contributed by atoms with van der Waals surface area (Å²) < 4.78 is 60.9. The molecule has 0 atom stereocenters. The zero-order valence-electron chi connectivity index (χ0n) is 13.4. The van der Waals surface area contributed by atoms with Gasteiger partial charge in [0.1, 0.15) is 18.2 Å². The number of carbonyl (C=O) groups is 1. The van der Waals surface area contributed by atoms with Crippen molar-refractivity contribution in [1.29, 1.82) is 0 Å². The van der Waals surface area contributed by atoms with Crippen molar-refractivity contribution < 1.29 is 36.6 Å². The molecular weight excluding hydrogens is 440 g/mol. The van der Waals surface area contributed by atoms with Crippen LogP contribution in [0.15, 0.2) is 34.9 Å². The van der Waals surface area contributed by atoms with Crippen molar-refractivity contribution in [2.75, 3.05) is 13.2 Å². The Kier molecular flexibility index (Phi) is 5.13. The number of ether oxygens (including phenoxy) is 2. The number of nitrogens with zero attached hydrogens (tertiary/aromatic N) is 2. The molecule has 3 rings (SSSR count). The highest BCUT2D eigenvalue weighted by molar-refractivity contribution is 9.10. The van der Waals surface area contributed by atoms with Gasteiger partial charge >= 0.3 is 12.2 Å². The second-order valence-corrected chi connectivity index (χ2v) is 6.49. The molecule has 2 heterocycles. The molecule has 1 amide bonds. The number of alkyl halides is 3. The highest BCUT2D eigenvalue weighted by atomic mass is 79.9. The summed E-state index contributed by atoms with van der Waals surface area (Å²) in [5.41, 5.74) is -0.210. The summed E-state index contributed by atoms with van der Waals surface area (Å²) in [7, 11) is 0. The predicted octanol–water partition coefficient (Wildman–Crippen LogP) is 3.16. The van der Waals surface area contributed by atoms with E-state index in [1.807, 2.05) is 0 Å². The molecule has 2 aromatic rings. The molecule has 1 aromatic carbocycles. The third-order valence-electron chi connectivity index (χ3n) is 3.68. The van der Waals surface area contributed by atoms with Gasteiger partial charge in [-0.15, -0.1) is 17.9 Å². The highest BCUT2D eigenvalue weighted by Crippen LogP contribution is 2.27. The predicted molar refractivity (Wildman–Crippen MR) is 86.4 cm³/mol. The van der Waals surface area contributed by atoms with Crippen molar-refractivity contribution in [2.24, 2.45) is 0 Å². The number of hydrogen-bond donors (Lipinski definition) is 0. The highest BCUT2D eigenvalue weighted by Gasteiger charge is 2.32. The van der Waals surface area contributed by atoms with E-state index in [1.165, 1.54) is 17.2 Å². The summed E-state index contributed by atoms with van der Waals surface area (Å²) in [6.07, 6.45) is -3.76. The molecule has 0 saturated carbocycles. The number of hydrogen-bond acceptors (Lipinski definition) is 4. The molecule has 0 saturated heterocycles. The van der Waals surface area contributed by atoms with Crippen LogP contribution in [-0.4, -0.2) is 30.3 Å². The van der Waals surface area contributed by atoms with Crippen LogP contribution in [0.3, 0.4) is 0 Å². The number of aromatic nitrogens is 1. The number of rotatable bonds is 3. The second kappa shape index (κ2) is 7.22. The fourth-order valence-corrected chi connectivity index (χ4v) is 2.99. The largest absolute Gasteiger partial charge is 0.616 e. The molecule has 0 spiro atoms. The molecule has 1 aliphatic rings. The van der Waals surface area contributed by atoms with Crippen molar-refractivity contribution >= 4 is 21.8 Å². The minimum absolute atomic E-state index is 0.00886. The number of benzene rings is 1. The molecule has 0 unspecified atom stereocenters. The number of carbonyl (C=O) groups excluding carboxylic acids is 1. The fourth-order valence-electron chi connectivity index (χ4n) is 2.57. The van der Waals surface area contributed by atoms with E-state index in [-0.39, 0.29) is 36.7 Å². The molecule has 0 fully saturated rings. The van der Waals surface area contributed by atoms with Gasteiger partial charge in [0, 0.05) is 12.1 Å². The van der Waals surface area contributed by atoms with E-state index in [4.69, 9.17) is 4.74 Å². The molecule has 144 valence electrons. The summed E-state index contributed by atoms with van der Waals surface area (Å²) in [5.74, 6) is -2.20. The molecule has 1 aliphatic heterocycles. The SMILES string of the molecule is O=C1c2cc(Br)c[n+]([O-])c2OCCN1Cc1cc(OC(F)(F)F)ccc1F. The number of fused-ring (bicyclic) bond motifs is 1. The molecule has 27 heavy (non-hydrogen) atoms. The van der Waals surface area contributed by atoms with Crippen molar-refractivity contribution in [3.63, 3.8) is 0 Å². The van der Waals surface area contributed by atoms with E-state index in [0.29, 0.717) is 9.20 Å². The van der Waals surface area contributed by atoms with Gasteiger partial charge in [-0.2, -0.15) is 0 Å². The zero-order valence-corrected chi connectivity index (χ0v) is 15.0. The van der Waals surface area contributed by atoms with Gasteiger partial charge in [0.2, 0.25) is 0 Å². The van der Waals surface area contributed by atoms with Gasteiger partial charge in [0.25, 0.3) is 5.91 Å². The third kappa shape index (κ3) is 4.41. The van der Waals surface area contributed by atoms with E-state index in [1.54, 1.807) is 0 Å². The first-order valence-electron chi connectivity index (χ1n) is 7.53. The standard InChI is InChI=1S/C16H11BrF4N2O4/c17-10-6-12-14(24)22(3-4-26-15(12)23(25)8-10)7-9-5-11(1-2-13(9)18)27-16(19,20)21/h1-2,5-6,8H,3-4,7H2. The normalized spacial score (nSPS) is 14.4. The first-order chi connectivity index (χ1) is 12.6. The van der Waals surface area contributed by atoms with Gasteiger partial charge in [-0.3, -0.25) is 4.79 Å². The maximum absolute atomic E-state index is 14.0. The summed E-state index contributed by atoms with van der Waals surface area (Å²) >= 11 is 3.10. The summed E-state index contributed by atoms with van der Waals surface area (Å²) in [6.45, 7) is -0.355. The Bertz CT molecular complexity index is 891. The Labute approximate surface area is 158 Å². The summed E-state index contributed by atoms with van der Waals surface area (Å²) in [4.78, 5) is 13.9. The smallest absolute Gasteiger partial charge is 0.573 e. The summed E-state index contributed by atoms with van der Waals surface area (Å²) in [6, 6.07) is 3.92. The maximum atomic E-state index is 14.0. The molecule has 0 radical (unpaired) electrons. The molecular formula is C16H11BrF4N2O4. The van der Waals surface area contributed by atoms with Crippen molar-refractivity contribution in [2.45, 2.75) is 12.9 Å². The summed E-state index contributed by atoms with van der Waals surface area (Å²) in [5, 5.41) is 11.9. The van der Waals surface area contributed by atoms with Crippen LogP contribution in [0.4, 0.5) is 17.6 Å². The van der Waals surface area contributed by atoms with E-state index >= 15 is 0 Å². The lowest BCUT2D eigenvalue weighted by Crippen LogP contribution is -2.33. The Morgan fingerprint density at radius 2 is 2.07 bits per heavy atom. The maximum Gasteiger partial charge on any atom is 0.573 e. The minimum Gasteiger partial charge on any atom is -0.616 e. The van der Waals surface area contributed by atoms with Crippen LogP contribution < -0.4 is 14.2 Å². The van der Waals surface area contributed by atoms with Crippen molar-refractivity contribution in [3.8, 4) is 11.6 Å². The molecule has 6 nitrogen and oxygen atoms in total. The zero-order chi connectivity index (χ0) is 19.8. The first-order valence-corrected chi connectivity index (χ1v) is 8.32. The van der Waals surface area contributed by atoms with Gasteiger partial charge in [0.15, 0.2) is 11.8 Å². The molecule has 0 N–H and O–H groups in total. The lowest BCUT2D eigenvalue weighted by Gasteiger charge is -2.20. The van der Waals surface area contributed by atoms with E-state index in [9.17, 15) is 27.6 Å². The lowest BCUT2D eigenvalue weighted by molar-refractivity contribution is -0.613. The van der Waals surface area contributed by atoms with Crippen LogP contribution in [0.25, 0.3) is 0 Å². The lowest BCUT2D eigenvalue weighted by atomic mass is 10.1. The van der Waals surface area contributed by atoms with Gasteiger partial charge in [-0.1, -0.05) is 0 Å². The van der Waals surface area contributed by atoms with E-state index in [0.717, 1.165) is 18.2 Å². The quantitative estimate of drug-likeness (QED) is 0.409. The Hall–Kier alpha value is -2.56. The van der Waals surface area contributed by atoms with Crippen LogP contribution in [0.5, 0.6) is 11.6 Å². The van der Waals surface area contributed by atoms with E-state index in [2.05, 4.69) is 20.7 Å². The number of pyridine rings is 1. The molecule has 11 heteroatoms. The first kappa shape index (κ1) is 19.2. The molecule has 0 aliphatic carbocycles. The molecule has 0 bridgehead atoms. The van der Waals surface area contributed by atoms with E-state index < -0.39 is 23.8 Å². The van der Waals surface area contributed by atoms with Gasteiger partial charge in [-0.25, -0.2) is 4.39 Å². The van der Waals surface area contributed by atoms with Crippen LogP contribution in [0.1, 0.15) is 15.9 Å². The average Bonchev–Trinajstić information content (AvgIpc) is 2.70. The van der Waals surface area contributed by atoms with Gasteiger partial charge < -0.3 is 19.6 Å². The topological polar surface area (TPSA) is 65.7 Å². The van der Waals surface area contributed by atoms with Crippen molar-refractivity contribution in [3.05, 3.63) is 57.1 Å². The number of amides is 1. The Morgan fingerprint density at radius 1 is 1.33 bits per heavy atom. The van der Waals surface area contributed by atoms with Gasteiger partial charge in [-0.05, 0) is 40.2 Å². The molecule has 1 aromatic heterocycles. The van der Waals surface area contributed by atoms with Crippen molar-refractivity contribution in [1.82, 2.24) is 4.90 Å². The Balaban J connectivity index is 1.89. The fraction of sp³-hybridized carbons (Fsp3) is 0.250. The van der Waals surface area contributed by atoms with Crippen LogP contribution >= 0.6 is 15.9 Å². The monoisotopic (exact) mass is 450 g/mol. The number of halogens is 5. The average molecular weight is 451 g/mol. The Morgan fingerprint density at radius 3 is 2.78 bits per heavy atom. The minimum atomic E-state index is -4.92. The van der Waals surface area contributed by atoms with Crippen LogP contribution in [0, 0.1) is 11.0 Å². The second-order valence-electron chi connectivity index (χ2n) is 5.58. The van der Waals surface area contributed by atoms with Crippen LogP contribution in [-0.2, 0) is 6.54 Å². The third-order valence-corrected chi connectivity index (χ3v) is 4.12. The van der Waals surface area contributed by atoms with Gasteiger partial charge in [0.05, 0.1) is 11.0 Å². The van der Waals surface area contributed by atoms with Crippen LogP contribution in [0.2, 0.25) is 0 Å².